The molecule has 3 aromatic rings. The Balaban J connectivity index is 2.13. The summed E-state index contributed by atoms with van der Waals surface area (Å²) >= 11 is -3.17. The van der Waals surface area contributed by atoms with Gasteiger partial charge in [0, 0.05) is 0 Å². The van der Waals surface area contributed by atoms with Gasteiger partial charge in [-0.25, -0.2) is 0 Å². The predicted molar refractivity (Wildman–Crippen MR) is 131 cm³/mol. The van der Waals surface area contributed by atoms with Gasteiger partial charge in [0.1, 0.15) is 0 Å². The molecule has 162 valence electrons. The van der Waals surface area contributed by atoms with Gasteiger partial charge in [0.2, 0.25) is 0 Å². The van der Waals surface area contributed by atoms with Crippen LogP contribution >= 0.6 is 20.2 Å². The van der Waals surface area contributed by atoms with Crippen molar-refractivity contribution in [2.24, 2.45) is 0 Å². The monoisotopic (exact) mass is 549 g/mol. The maximum absolute atomic E-state index is 13.5. The summed E-state index contributed by atoms with van der Waals surface area (Å²) in [7, 11) is -2.36. The molecule has 0 amide bonds. The number of halogens is 1. The van der Waals surface area contributed by atoms with E-state index in [2.05, 4.69) is 5.32 Å². The molecule has 0 aliphatic carbocycles. The van der Waals surface area contributed by atoms with Crippen LogP contribution in [0.3, 0.4) is 0 Å². The van der Waals surface area contributed by atoms with Crippen molar-refractivity contribution in [1.29, 1.82) is 0 Å². The number of Topliss-reactive ketones (excluding diaryl/α,β-unsaturated/α-hetero) is 1. The molecule has 0 atom stereocenters. The van der Waals surface area contributed by atoms with Crippen LogP contribution in [0.2, 0.25) is 0 Å². The molecule has 0 saturated heterocycles. The number of carbonyl (C=O) groups is 1. The molecular weight excluding hydrogens is 525 g/mol. The number of benzene rings is 3. The topological polar surface area (TPSA) is 72.5 Å². The van der Waals surface area contributed by atoms with Gasteiger partial charge in [0.05, 0.1) is 0 Å². The van der Waals surface area contributed by atoms with Crippen molar-refractivity contribution in [3.05, 3.63) is 109 Å². The first-order valence-corrected chi connectivity index (χ1v) is 14.0. The van der Waals surface area contributed by atoms with Crippen molar-refractivity contribution in [2.75, 3.05) is 7.05 Å². The van der Waals surface area contributed by atoms with Crippen LogP contribution < -0.4 is 5.32 Å². The number of hydrogen-bond acceptors (Lipinski definition) is 5. The zero-order valence-corrected chi connectivity index (χ0v) is 20.5. The van der Waals surface area contributed by atoms with Crippen LogP contribution in [0, 0.1) is 10.5 Å². The standard InChI is InChI=1S/C24H24INO4S/c1-18-14-16-22(17-15-18)31(28,29)30-25(21-12-8-5-9-13-21)23(19(2)26-3)24(27)20-10-6-4-7-11-20/h4-17,26H,1-3H3/b23-19+. The molecule has 0 spiro atoms. The van der Waals surface area contributed by atoms with Gasteiger partial charge in [-0.15, -0.1) is 0 Å². The van der Waals surface area contributed by atoms with Crippen molar-refractivity contribution in [3.8, 4) is 0 Å². The molecule has 0 unspecified atom stereocenters. The van der Waals surface area contributed by atoms with Crippen molar-refractivity contribution in [2.45, 2.75) is 18.7 Å². The van der Waals surface area contributed by atoms with E-state index in [0.29, 0.717) is 14.8 Å². The summed E-state index contributed by atoms with van der Waals surface area (Å²) in [5, 5.41) is 3.02. The average molecular weight is 549 g/mol. The number of rotatable bonds is 8. The van der Waals surface area contributed by atoms with Crippen LogP contribution in [-0.4, -0.2) is 21.2 Å². The second-order valence-electron chi connectivity index (χ2n) is 6.76. The third-order valence-corrected chi connectivity index (χ3v) is 12.3. The van der Waals surface area contributed by atoms with Gasteiger partial charge in [-0.2, -0.15) is 0 Å². The van der Waals surface area contributed by atoms with E-state index in [1.807, 2.05) is 43.3 Å². The van der Waals surface area contributed by atoms with Crippen LogP contribution in [0.15, 0.2) is 99.1 Å². The molecule has 0 bridgehead atoms. The molecule has 7 heteroatoms. The van der Waals surface area contributed by atoms with E-state index >= 15 is 0 Å². The normalized spacial score (nSPS) is 12.7. The Morgan fingerprint density at radius 2 is 1.42 bits per heavy atom. The Hall–Kier alpha value is -2.49. The molecule has 1 N–H and O–H groups in total. The van der Waals surface area contributed by atoms with E-state index < -0.39 is 30.4 Å². The van der Waals surface area contributed by atoms with E-state index in [9.17, 15) is 13.2 Å². The summed E-state index contributed by atoms with van der Waals surface area (Å²) < 4.78 is 33.3. The SMILES string of the molecule is CN/C(C)=C(\C(=O)c1ccccc1)I(OS(=O)(=O)c1ccc(C)cc1)c1ccccc1. The Bertz CT molecular complexity index is 1180. The van der Waals surface area contributed by atoms with Gasteiger partial charge >= 0.3 is 192 Å². The number of aryl methyl sites for hydroxylation is 1. The molecule has 31 heavy (non-hydrogen) atoms. The minimum atomic E-state index is -4.07. The summed E-state index contributed by atoms with van der Waals surface area (Å²) in [6, 6.07) is 24.5. The Labute approximate surface area is 191 Å². The first-order valence-electron chi connectivity index (χ1n) is 9.58. The molecule has 0 aliphatic heterocycles. The van der Waals surface area contributed by atoms with Crippen LogP contribution in [-0.2, 0) is 12.6 Å². The van der Waals surface area contributed by atoms with E-state index in [0.717, 1.165) is 9.13 Å². The van der Waals surface area contributed by atoms with Crippen LogP contribution in [0.1, 0.15) is 22.8 Å². The number of allylic oxidation sites excluding steroid dienone is 2. The summed E-state index contributed by atoms with van der Waals surface area (Å²) in [5.41, 5.74) is 2.03. The molecule has 0 aliphatic rings. The van der Waals surface area contributed by atoms with E-state index in [4.69, 9.17) is 2.51 Å². The van der Waals surface area contributed by atoms with Gasteiger partial charge in [-0.05, 0) is 0 Å². The molecule has 0 radical (unpaired) electrons. The van der Waals surface area contributed by atoms with Crippen molar-refractivity contribution < 1.29 is 15.7 Å². The molecule has 0 fully saturated rings. The summed E-state index contributed by atoms with van der Waals surface area (Å²) in [5.74, 6) is -0.236. The maximum atomic E-state index is 13.5. The van der Waals surface area contributed by atoms with E-state index in [-0.39, 0.29) is 10.7 Å². The quantitative estimate of drug-likeness (QED) is 0.234. The number of ketones is 1. The number of hydrogen-bond donors (Lipinski definition) is 1. The molecule has 0 saturated carbocycles. The third kappa shape index (κ3) is 5.61. The molecule has 5 nitrogen and oxygen atoms in total. The third-order valence-electron chi connectivity index (χ3n) is 4.50. The fourth-order valence-electron chi connectivity index (χ4n) is 2.73. The molecule has 0 aromatic heterocycles. The first kappa shape index (κ1) is 23.2. The molecule has 3 rings (SSSR count). The second-order valence-corrected chi connectivity index (χ2v) is 13.1. The van der Waals surface area contributed by atoms with Crippen LogP contribution in [0.4, 0.5) is 0 Å². The van der Waals surface area contributed by atoms with Gasteiger partial charge in [-0.1, -0.05) is 0 Å². The van der Waals surface area contributed by atoms with Gasteiger partial charge in [-0.3, -0.25) is 0 Å². The zero-order chi connectivity index (χ0) is 22.4. The number of nitrogens with one attached hydrogen (secondary N) is 1. The Morgan fingerprint density at radius 1 is 0.871 bits per heavy atom. The molecular formula is C24H24INO4S. The second kappa shape index (κ2) is 10.2. The Morgan fingerprint density at radius 3 is 1.97 bits per heavy atom. The average Bonchev–Trinajstić information content (AvgIpc) is 2.79. The van der Waals surface area contributed by atoms with Crippen LogP contribution in [0.5, 0.6) is 0 Å². The molecule has 3 aromatic carbocycles. The first-order chi connectivity index (χ1) is 14.8. The molecule has 0 heterocycles. The number of carbonyl (C=O) groups excluding carboxylic acids is 1. The van der Waals surface area contributed by atoms with Crippen molar-refractivity contribution >= 4 is 36.1 Å². The van der Waals surface area contributed by atoms with E-state index in [1.165, 1.54) is 12.1 Å². The van der Waals surface area contributed by atoms with E-state index in [1.54, 1.807) is 50.4 Å². The summed E-state index contributed by atoms with van der Waals surface area (Å²) in [6.45, 7) is 3.65. The Kier molecular flexibility index (Phi) is 7.64. The van der Waals surface area contributed by atoms with Crippen LogP contribution in [0.25, 0.3) is 0 Å². The minimum absolute atomic E-state index is 0.0740. The summed E-state index contributed by atoms with van der Waals surface area (Å²) in [6.07, 6.45) is 0. The van der Waals surface area contributed by atoms with Crippen molar-refractivity contribution in [3.63, 3.8) is 0 Å². The van der Waals surface area contributed by atoms with Crippen molar-refractivity contribution in [1.82, 2.24) is 5.32 Å². The fourth-order valence-corrected chi connectivity index (χ4v) is 10.2. The van der Waals surface area contributed by atoms with Gasteiger partial charge < -0.3 is 0 Å². The van der Waals surface area contributed by atoms with Gasteiger partial charge in [0.15, 0.2) is 0 Å². The van der Waals surface area contributed by atoms with Gasteiger partial charge in [0.25, 0.3) is 0 Å². The fraction of sp³-hybridized carbons (Fsp3) is 0.125. The zero-order valence-electron chi connectivity index (χ0n) is 17.5. The predicted octanol–water partition coefficient (Wildman–Crippen LogP) is 5.33. The summed E-state index contributed by atoms with van der Waals surface area (Å²) in [4.78, 5) is 13.6.